The lowest BCUT2D eigenvalue weighted by atomic mass is 10.1. The lowest BCUT2D eigenvalue weighted by Gasteiger charge is -2.11. The van der Waals surface area contributed by atoms with E-state index < -0.39 is 0 Å². The predicted molar refractivity (Wildman–Crippen MR) is 99.7 cm³/mol. The fourth-order valence-electron chi connectivity index (χ4n) is 2.95. The van der Waals surface area contributed by atoms with Crippen molar-refractivity contribution in [2.75, 3.05) is 20.8 Å². The summed E-state index contributed by atoms with van der Waals surface area (Å²) < 4.78 is 11.7. The molecule has 4 nitrogen and oxygen atoms in total. The Morgan fingerprint density at radius 2 is 1.96 bits per heavy atom. The number of para-hydroxylation sites is 1. The molecule has 3 rings (SSSR count). The summed E-state index contributed by atoms with van der Waals surface area (Å²) >= 11 is 3.54. The van der Waals surface area contributed by atoms with Gasteiger partial charge in [-0.25, -0.2) is 0 Å². The largest absolute Gasteiger partial charge is 0.493 e. The number of nitrogens with two attached hydrogens (primary N) is 1. The van der Waals surface area contributed by atoms with Crippen molar-refractivity contribution in [1.29, 1.82) is 0 Å². The Bertz CT molecular complexity index is 829. The first kappa shape index (κ1) is 16.9. The standard InChI is InChI=1S/C19H21BrN2O2/c1-23-18-10-13(9-16(20)19(18)24-2)11-21-8-7-14-12-22-17-6-4-3-5-15(14)17/h3-6,9-10,12,21-22H,7-8,11H2,1-2H3/p+1. The number of rotatable bonds is 7. The van der Waals surface area contributed by atoms with Gasteiger partial charge in [0.15, 0.2) is 11.5 Å². The smallest absolute Gasteiger partial charge is 0.174 e. The molecule has 0 spiro atoms. The van der Waals surface area contributed by atoms with Crippen LogP contribution in [0.2, 0.25) is 0 Å². The molecule has 0 fully saturated rings. The molecule has 0 saturated carbocycles. The Morgan fingerprint density at radius 3 is 2.75 bits per heavy atom. The van der Waals surface area contributed by atoms with Crippen LogP contribution in [0.5, 0.6) is 11.5 Å². The second-order valence-electron chi connectivity index (χ2n) is 5.70. The van der Waals surface area contributed by atoms with Crippen LogP contribution in [0.15, 0.2) is 47.1 Å². The lowest BCUT2D eigenvalue weighted by molar-refractivity contribution is -0.670. The van der Waals surface area contributed by atoms with Crippen LogP contribution in [0.1, 0.15) is 11.1 Å². The van der Waals surface area contributed by atoms with Gasteiger partial charge in [0, 0.05) is 29.1 Å². The van der Waals surface area contributed by atoms with Gasteiger partial charge >= 0.3 is 0 Å². The molecule has 0 bridgehead atoms. The van der Waals surface area contributed by atoms with Crippen LogP contribution >= 0.6 is 15.9 Å². The third kappa shape index (κ3) is 3.57. The average Bonchev–Trinajstić information content (AvgIpc) is 3.01. The molecule has 0 saturated heterocycles. The van der Waals surface area contributed by atoms with E-state index in [-0.39, 0.29) is 0 Å². The number of aromatic amines is 1. The maximum absolute atomic E-state index is 5.40. The van der Waals surface area contributed by atoms with E-state index in [1.165, 1.54) is 22.0 Å². The highest BCUT2D eigenvalue weighted by atomic mass is 79.9. The van der Waals surface area contributed by atoms with E-state index in [2.05, 4.69) is 62.8 Å². The molecular weight excluding hydrogens is 368 g/mol. The van der Waals surface area contributed by atoms with Gasteiger partial charge in [-0.15, -0.1) is 0 Å². The summed E-state index contributed by atoms with van der Waals surface area (Å²) in [7, 11) is 3.31. The zero-order valence-electron chi connectivity index (χ0n) is 13.9. The van der Waals surface area contributed by atoms with Crippen molar-refractivity contribution in [3.8, 4) is 11.5 Å². The first-order valence-electron chi connectivity index (χ1n) is 8.00. The molecule has 0 aliphatic carbocycles. The Labute approximate surface area is 150 Å². The summed E-state index contributed by atoms with van der Waals surface area (Å²) in [5.74, 6) is 1.49. The molecule has 1 aromatic heterocycles. The maximum atomic E-state index is 5.40. The number of H-pyrrole nitrogens is 1. The Morgan fingerprint density at radius 1 is 1.12 bits per heavy atom. The Kier molecular flexibility index (Phi) is 5.43. The van der Waals surface area contributed by atoms with E-state index in [4.69, 9.17) is 9.47 Å². The molecule has 3 aromatic rings. The van der Waals surface area contributed by atoms with Gasteiger partial charge in [-0.05, 0) is 39.7 Å². The molecule has 24 heavy (non-hydrogen) atoms. The molecule has 0 aliphatic heterocycles. The summed E-state index contributed by atoms with van der Waals surface area (Å²) in [6.07, 6.45) is 3.16. The van der Waals surface area contributed by atoms with Crippen molar-refractivity contribution in [1.82, 2.24) is 4.98 Å². The highest BCUT2D eigenvalue weighted by Crippen LogP contribution is 2.36. The van der Waals surface area contributed by atoms with Gasteiger partial charge in [-0.3, -0.25) is 0 Å². The minimum atomic E-state index is 0.736. The quantitative estimate of drug-likeness (QED) is 0.609. The molecular formula is C19H22BrN2O2+. The van der Waals surface area contributed by atoms with E-state index >= 15 is 0 Å². The van der Waals surface area contributed by atoms with Crippen LogP contribution in [0, 0.1) is 0 Å². The molecule has 0 unspecified atom stereocenters. The zero-order valence-corrected chi connectivity index (χ0v) is 15.5. The van der Waals surface area contributed by atoms with Gasteiger partial charge in [0.1, 0.15) is 6.54 Å². The third-order valence-corrected chi connectivity index (χ3v) is 4.76. The SMILES string of the molecule is COc1cc(C[NH2+]CCc2c[nH]c3ccccc23)cc(Br)c1OC. The van der Waals surface area contributed by atoms with Gasteiger partial charge in [0.2, 0.25) is 0 Å². The van der Waals surface area contributed by atoms with Crippen molar-refractivity contribution in [2.24, 2.45) is 0 Å². The number of benzene rings is 2. The molecule has 1 heterocycles. The van der Waals surface area contributed by atoms with E-state index in [1.807, 2.05) is 6.07 Å². The van der Waals surface area contributed by atoms with Crippen LogP contribution in [-0.2, 0) is 13.0 Å². The van der Waals surface area contributed by atoms with Gasteiger partial charge in [0.05, 0.1) is 25.2 Å². The summed E-state index contributed by atoms with van der Waals surface area (Å²) in [5.41, 5.74) is 3.78. The summed E-state index contributed by atoms with van der Waals surface area (Å²) in [5, 5.41) is 3.63. The van der Waals surface area contributed by atoms with Gasteiger partial charge in [0.25, 0.3) is 0 Å². The summed E-state index contributed by atoms with van der Waals surface area (Å²) in [6, 6.07) is 12.6. The van der Waals surface area contributed by atoms with Crippen LogP contribution in [0.3, 0.4) is 0 Å². The number of hydrogen-bond acceptors (Lipinski definition) is 2. The Hall–Kier alpha value is -1.98. The van der Waals surface area contributed by atoms with E-state index in [0.717, 1.165) is 35.5 Å². The molecule has 0 atom stereocenters. The normalized spacial score (nSPS) is 11.0. The minimum Gasteiger partial charge on any atom is -0.493 e. The molecule has 5 heteroatoms. The average molecular weight is 390 g/mol. The molecule has 0 radical (unpaired) electrons. The zero-order chi connectivity index (χ0) is 16.9. The topological polar surface area (TPSA) is 50.9 Å². The number of hydrogen-bond donors (Lipinski definition) is 2. The monoisotopic (exact) mass is 389 g/mol. The van der Waals surface area contributed by atoms with Crippen LogP contribution in [0.4, 0.5) is 0 Å². The number of halogens is 1. The summed E-state index contributed by atoms with van der Waals surface area (Å²) in [6.45, 7) is 1.94. The first-order chi connectivity index (χ1) is 11.7. The maximum Gasteiger partial charge on any atom is 0.174 e. The number of quaternary nitrogens is 1. The van der Waals surface area contributed by atoms with Crippen molar-refractivity contribution < 1.29 is 14.8 Å². The fourth-order valence-corrected chi connectivity index (χ4v) is 3.61. The number of aromatic nitrogens is 1. The van der Waals surface area contributed by atoms with E-state index in [1.54, 1.807) is 14.2 Å². The predicted octanol–water partition coefficient (Wildman–Crippen LogP) is 3.25. The van der Waals surface area contributed by atoms with Crippen LogP contribution < -0.4 is 14.8 Å². The summed E-state index contributed by atoms with van der Waals surface area (Å²) in [4.78, 5) is 3.33. The van der Waals surface area contributed by atoms with Crippen molar-refractivity contribution in [3.05, 3.63) is 58.2 Å². The second-order valence-corrected chi connectivity index (χ2v) is 6.56. The number of fused-ring (bicyclic) bond motifs is 1. The first-order valence-corrected chi connectivity index (χ1v) is 8.79. The second kappa shape index (κ2) is 7.73. The number of methoxy groups -OCH3 is 2. The molecule has 2 aromatic carbocycles. The highest BCUT2D eigenvalue weighted by Gasteiger charge is 2.11. The molecule has 0 aliphatic rings. The van der Waals surface area contributed by atoms with E-state index in [9.17, 15) is 0 Å². The van der Waals surface area contributed by atoms with Gasteiger partial charge < -0.3 is 19.8 Å². The van der Waals surface area contributed by atoms with Crippen molar-refractivity contribution >= 4 is 26.8 Å². The van der Waals surface area contributed by atoms with Crippen molar-refractivity contribution in [2.45, 2.75) is 13.0 Å². The molecule has 126 valence electrons. The highest BCUT2D eigenvalue weighted by molar-refractivity contribution is 9.10. The molecule has 3 N–H and O–H groups in total. The molecule has 0 amide bonds. The van der Waals surface area contributed by atoms with Gasteiger partial charge in [-0.2, -0.15) is 0 Å². The van der Waals surface area contributed by atoms with Gasteiger partial charge in [-0.1, -0.05) is 18.2 Å². The van der Waals surface area contributed by atoms with Crippen LogP contribution in [-0.4, -0.2) is 25.7 Å². The third-order valence-electron chi connectivity index (χ3n) is 4.17. The Balaban J connectivity index is 1.60. The lowest BCUT2D eigenvalue weighted by Crippen LogP contribution is -2.83. The van der Waals surface area contributed by atoms with Crippen molar-refractivity contribution in [3.63, 3.8) is 0 Å². The van der Waals surface area contributed by atoms with Crippen LogP contribution in [0.25, 0.3) is 10.9 Å². The number of ether oxygens (including phenoxy) is 2. The minimum absolute atomic E-state index is 0.736. The fraction of sp³-hybridized carbons (Fsp3) is 0.263. The van der Waals surface area contributed by atoms with E-state index in [0.29, 0.717) is 0 Å². The number of nitrogens with one attached hydrogen (secondary N) is 1.